The predicted molar refractivity (Wildman–Crippen MR) is 113 cm³/mol. The largest absolute Gasteiger partial charge is 0.492 e. The van der Waals surface area contributed by atoms with E-state index in [1.165, 1.54) is 18.0 Å². The lowest BCUT2D eigenvalue weighted by Crippen LogP contribution is -2.41. The van der Waals surface area contributed by atoms with Gasteiger partial charge in [-0.25, -0.2) is 4.98 Å². The molecule has 1 N–H and O–H groups in total. The maximum Gasteiger partial charge on any atom is 0.193 e. The third-order valence-corrected chi connectivity index (χ3v) is 5.54. The maximum atomic E-state index is 5.76. The highest BCUT2D eigenvalue weighted by Crippen LogP contribution is 2.24. The molecule has 0 radical (unpaired) electrons. The summed E-state index contributed by atoms with van der Waals surface area (Å²) in [7, 11) is 3.84. The molecule has 0 spiro atoms. The van der Waals surface area contributed by atoms with E-state index in [2.05, 4.69) is 25.5 Å². The second kappa shape index (κ2) is 10.2. The van der Waals surface area contributed by atoms with Gasteiger partial charge in [0, 0.05) is 45.5 Å². The highest BCUT2D eigenvalue weighted by Gasteiger charge is 2.15. The van der Waals surface area contributed by atoms with Crippen molar-refractivity contribution in [2.45, 2.75) is 19.3 Å². The Bertz CT molecular complexity index is 712. The van der Waals surface area contributed by atoms with Gasteiger partial charge in [0.25, 0.3) is 0 Å². The first kappa shape index (κ1) is 19.5. The quantitative estimate of drug-likeness (QED) is 0.558. The Labute approximate surface area is 165 Å². The van der Waals surface area contributed by atoms with Crippen LogP contribution >= 0.6 is 11.3 Å². The number of rotatable bonds is 8. The molecule has 27 heavy (non-hydrogen) atoms. The number of benzene rings is 1. The second-order valence-electron chi connectivity index (χ2n) is 6.62. The zero-order chi connectivity index (χ0) is 18.9. The number of aromatic nitrogens is 1. The minimum Gasteiger partial charge on any atom is -0.492 e. The van der Waals surface area contributed by atoms with Gasteiger partial charge in [-0.05, 0) is 25.0 Å². The number of hydrogen-bond donors (Lipinski definition) is 1. The van der Waals surface area contributed by atoms with Crippen molar-refractivity contribution in [2.75, 3.05) is 51.8 Å². The lowest BCUT2D eigenvalue weighted by Gasteiger charge is -2.22. The Balaban J connectivity index is 1.38. The molecule has 0 bridgehead atoms. The molecule has 1 aromatic heterocycles. The molecule has 2 aromatic rings. The van der Waals surface area contributed by atoms with Crippen molar-refractivity contribution in [3.05, 3.63) is 41.4 Å². The molecule has 1 aliphatic heterocycles. The van der Waals surface area contributed by atoms with Crippen LogP contribution in [0.2, 0.25) is 0 Å². The van der Waals surface area contributed by atoms with Crippen LogP contribution < -0.4 is 15.0 Å². The number of hydrogen-bond acceptors (Lipinski definition) is 5. The average molecular weight is 388 g/mol. The van der Waals surface area contributed by atoms with Crippen molar-refractivity contribution in [3.8, 4) is 5.75 Å². The smallest absolute Gasteiger partial charge is 0.193 e. The zero-order valence-corrected chi connectivity index (χ0v) is 17.0. The Morgan fingerprint density at radius 1 is 1.30 bits per heavy atom. The van der Waals surface area contributed by atoms with Crippen LogP contribution in [0, 0.1) is 0 Å². The van der Waals surface area contributed by atoms with Crippen molar-refractivity contribution in [2.24, 2.45) is 4.99 Å². The number of likely N-dealkylation sites (N-methyl/N-ethyl adjacent to an activating group) is 1. The van der Waals surface area contributed by atoms with Crippen LogP contribution in [0.3, 0.4) is 0 Å². The minimum absolute atomic E-state index is 0.618. The first-order valence-corrected chi connectivity index (χ1v) is 10.4. The molecular weight excluding hydrogens is 358 g/mol. The van der Waals surface area contributed by atoms with Gasteiger partial charge in [-0.3, -0.25) is 4.99 Å². The fraction of sp³-hybridized carbons (Fsp3) is 0.500. The molecule has 3 rings (SSSR count). The van der Waals surface area contributed by atoms with E-state index >= 15 is 0 Å². The van der Waals surface area contributed by atoms with Crippen LogP contribution in [-0.4, -0.2) is 62.7 Å². The van der Waals surface area contributed by atoms with Crippen LogP contribution in [0.5, 0.6) is 5.75 Å². The Morgan fingerprint density at radius 2 is 2.07 bits per heavy atom. The summed E-state index contributed by atoms with van der Waals surface area (Å²) in [6, 6.07) is 9.89. The number of para-hydroxylation sites is 1. The van der Waals surface area contributed by atoms with Gasteiger partial charge in [-0.15, -0.1) is 11.3 Å². The van der Waals surface area contributed by atoms with E-state index in [4.69, 9.17) is 9.72 Å². The molecule has 0 atom stereocenters. The van der Waals surface area contributed by atoms with Gasteiger partial charge in [-0.2, -0.15) is 0 Å². The van der Waals surface area contributed by atoms with E-state index in [9.17, 15) is 0 Å². The van der Waals surface area contributed by atoms with Crippen LogP contribution in [0.4, 0.5) is 5.13 Å². The van der Waals surface area contributed by atoms with E-state index in [0.29, 0.717) is 6.61 Å². The maximum absolute atomic E-state index is 5.76. The standard InChI is InChI=1S/C20H29N5OS/c1-21-19(24(2)14-15-26-18-8-4-3-5-9-18)22-11-10-17-16-27-20(23-17)25-12-6-7-13-25/h3-5,8-9,16H,6-7,10-15H2,1-2H3,(H,21,22). The van der Waals surface area contributed by atoms with Gasteiger partial charge in [0.05, 0.1) is 12.2 Å². The van der Waals surface area contributed by atoms with E-state index < -0.39 is 0 Å². The van der Waals surface area contributed by atoms with E-state index in [0.717, 1.165) is 50.0 Å². The van der Waals surface area contributed by atoms with E-state index in [-0.39, 0.29) is 0 Å². The normalized spacial score (nSPS) is 14.4. The fourth-order valence-electron chi connectivity index (χ4n) is 3.07. The van der Waals surface area contributed by atoms with Crippen LogP contribution in [0.15, 0.2) is 40.7 Å². The summed E-state index contributed by atoms with van der Waals surface area (Å²) >= 11 is 1.76. The molecule has 146 valence electrons. The van der Waals surface area contributed by atoms with E-state index in [1.54, 1.807) is 11.3 Å². The second-order valence-corrected chi connectivity index (χ2v) is 7.46. The minimum atomic E-state index is 0.618. The molecule has 0 amide bonds. The molecule has 0 unspecified atom stereocenters. The highest BCUT2D eigenvalue weighted by molar-refractivity contribution is 7.13. The summed E-state index contributed by atoms with van der Waals surface area (Å²) in [5.41, 5.74) is 1.15. The first-order chi connectivity index (χ1) is 13.3. The van der Waals surface area contributed by atoms with Crippen molar-refractivity contribution >= 4 is 22.4 Å². The monoisotopic (exact) mass is 387 g/mol. The Hall–Kier alpha value is -2.28. The molecular formula is C20H29N5OS. The summed E-state index contributed by atoms with van der Waals surface area (Å²) in [5, 5.41) is 6.76. The highest BCUT2D eigenvalue weighted by atomic mass is 32.1. The van der Waals surface area contributed by atoms with Crippen LogP contribution in [0.1, 0.15) is 18.5 Å². The van der Waals surface area contributed by atoms with Crippen molar-refractivity contribution in [3.63, 3.8) is 0 Å². The summed E-state index contributed by atoms with van der Waals surface area (Å²) in [5.74, 6) is 1.77. The van der Waals surface area contributed by atoms with Crippen LogP contribution in [0.25, 0.3) is 0 Å². The Kier molecular flexibility index (Phi) is 7.33. The number of anilines is 1. The zero-order valence-electron chi connectivity index (χ0n) is 16.2. The third kappa shape index (κ3) is 5.85. The van der Waals surface area contributed by atoms with Gasteiger partial charge < -0.3 is 19.9 Å². The molecule has 1 aromatic carbocycles. The van der Waals surface area contributed by atoms with E-state index in [1.807, 2.05) is 44.4 Å². The first-order valence-electron chi connectivity index (χ1n) is 9.55. The van der Waals surface area contributed by atoms with Gasteiger partial charge in [0.1, 0.15) is 12.4 Å². The van der Waals surface area contributed by atoms with Crippen molar-refractivity contribution < 1.29 is 4.74 Å². The third-order valence-electron chi connectivity index (χ3n) is 4.59. The summed E-state index contributed by atoms with van der Waals surface area (Å²) in [6.07, 6.45) is 3.47. The topological polar surface area (TPSA) is 53.0 Å². The molecule has 1 aliphatic rings. The van der Waals surface area contributed by atoms with Gasteiger partial charge in [0.15, 0.2) is 11.1 Å². The van der Waals surface area contributed by atoms with Crippen molar-refractivity contribution in [1.82, 2.24) is 15.2 Å². The lowest BCUT2D eigenvalue weighted by atomic mass is 10.3. The van der Waals surface area contributed by atoms with Gasteiger partial charge in [-0.1, -0.05) is 18.2 Å². The molecule has 0 saturated carbocycles. The number of aliphatic imine (C=N–C) groups is 1. The number of ether oxygens (including phenoxy) is 1. The molecule has 7 heteroatoms. The molecule has 6 nitrogen and oxygen atoms in total. The molecule has 0 aliphatic carbocycles. The van der Waals surface area contributed by atoms with Gasteiger partial charge in [0.2, 0.25) is 0 Å². The predicted octanol–water partition coefficient (Wildman–Crippen LogP) is 2.87. The van der Waals surface area contributed by atoms with Gasteiger partial charge >= 0.3 is 0 Å². The SMILES string of the molecule is CN=C(NCCc1csc(N2CCCC2)n1)N(C)CCOc1ccccc1. The summed E-state index contributed by atoms with van der Waals surface area (Å²) < 4.78 is 5.76. The van der Waals surface area contributed by atoms with Crippen molar-refractivity contribution in [1.29, 1.82) is 0 Å². The Morgan fingerprint density at radius 3 is 2.81 bits per heavy atom. The number of guanidine groups is 1. The molecule has 1 fully saturated rings. The average Bonchev–Trinajstić information content (AvgIpc) is 3.37. The molecule has 1 saturated heterocycles. The lowest BCUT2D eigenvalue weighted by molar-refractivity contribution is 0.281. The summed E-state index contributed by atoms with van der Waals surface area (Å²) in [4.78, 5) is 13.6. The fourth-order valence-corrected chi connectivity index (χ4v) is 3.99. The number of thiazole rings is 1. The van der Waals surface area contributed by atoms with Crippen LogP contribution in [-0.2, 0) is 6.42 Å². The number of nitrogens with zero attached hydrogens (tertiary/aromatic N) is 4. The molecule has 2 heterocycles. The summed E-state index contributed by atoms with van der Waals surface area (Å²) in [6.45, 7) is 4.50. The number of nitrogens with one attached hydrogen (secondary N) is 1.